The number of halogens is 1. The van der Waals surface area contributed by atoms with Gasteiger partial charge in [0, 0.05) is 12.1 Å². The molecule has 0 bridgehead atoms. The van der Waals surface area contributed by atoms with E-state index in [9.17, 15) is 14.0 Å². The number of nitrogens with zero attached hydrogens (tertiary/aromatic N) is 1. The number of carbonyl (C=O) groups is 2. The van der Waals surface area contributed by atoms with Gasteiger partial charge in [0.1, 0.15) is 11.9 Å². The molecule has 5 heteroatoms. The molecular formula is C19H20FNO3. The maximum Gasteiger partial charge on any atom is 0.290 e. The van der Waals surface area contributed by atoms with Crippen molar-refractivity contribution >= 4 is 11.7 Å². The number of ketones is 1. The van der Waals surface area contributed by atoms with E-state index in [1.165, 1.54) is 11.0 Å². The number of amides is 1. The van der Waals surface area contributed by atoms with Gasteiger partial charge in [0.2, 0.25) is 0 Å². The van der Waals surface area contributed by atoms with Crippen molar-refractivity contribution in [2.75, 3.05) is 6.54 Å². The van der Waals surface area contributed by atoms with Gasteiger partial charge < -0.3 is 9.64 Å². The van der Waals surface area contributed by atoms with E-state index in [1.54, 1.807) is 18.2 Å². The summed E-state index contributed by atoms with van der Waals surface area (Å²) in [7, 11) is 0. The van der Waals surface area contributed by atoms with Crippen LogP contribution in [0.1, 0.15) is 44.2 Å². The van der Waals surface area contributed by atoms with Crippen molar-refractivity contribution in [3.8, 4) is 0 Å². The Morgan fingerprint density at radius 3 is 2.71 bits per heavy atom. The molecule has 4 nitrogen and oxygen atoms in total. The van der Waals surface area contributed by atoms with Crippen LogP contribution in [0.2, 0.25) is 0 Å². The number of benzene rings is 1. The molecule has 0 spiro atoms. The lowest BCUT2D eigenvalue weighted by atomic mass is 9.77. The van der Waals surface area contributed by atoms with Crippen LogP contribution in [-0.4, -0.2) is 29.2 Å². The molecule has 0 radical (unpaired) electrons. The molecule has 1 saturated carbocycles. The number of likely N-dealkylation sites (N-methyl/N-ethyl adjacent to an activating group) is 1. The number of Topliss-reactive ketones (excluding diaryl/α,β-unsaturated/α-hetero) is 1. The van der Waals surface area contributed by atoms with Crippen molar-refractivity contribution < 1.29 is 18.7 Å². The van der Waals surface area contributed by atoms with Gasteiger partial charge in [0.25, 0.3) is 5.91 Å². The first-order valence-electron chi connectivity index (χ1n) is 8.64. The Kier molecular flexibility index (Phi) is 3.66. The molecule has 1 fully saturated rings. The van der Waals surface area contributed by atoms with Crippen LogP contribution in [0, 0.1) is 11.7 Å². The highest BCUT2D eigenvalue weighted by atomic mass is 19.1. The van der Waals surface area contributed by atoms with Crippen molar-refractivity contribution in [3.05, 3.63) is 47.0 Å². The fourth-order valence-electron chi connectivity index (χ4n) is 4.24. The molecule has 3 aliphatic rings. The van der Waals surface area contributed by atoms with E-state index in [0.717, 1.165) is 25.7 Å². The van der Waals surface area contributed by atoms with E-state index in [4.69, 9.17) is 4.74 Å². The number of carbonyl (C=O) groups excluding carboxylic acids is 2. The maximum atomic E-state index is 14.4. The normalized spacial score (nSPS) is 29.4. The topological polar surface area (TPSA) is 46.6 Å². The predicted octanol–water partition coefficient (Wildman–Crippen LogP) is 3.14. The van der Waals surface area contributed by atoms with Crippen molar-refractivity contribution in [2.45, 2.75) is 44.8 Å². The number of rotatable bonds is 2. The van der Waals surface area contributed by atoms with Crippen molar-refractivity contribution in [1.29, 1.82) is 0 Å². The van der Waals surface area contributed by atoms with Gasteiger partial charge in [0.05, 0.1) is 17.5 Å². The van der Waals surface area contributed by atoms with Gasteiger partial charge in [-0.2, -0.15) is 0 Å². The zero-order valence-corrected chi connectivity index (χ0v) is 13.6. The largest absolute Gasteiger partial charge is 0.483 e. The summed E-state index contributed by atoms with van der Waals surface area (Å²) in [5, 5.41) is 0. The molecule has 0 aromatic heterocycles. The standard InChI is InChI=1S/C19H20FNO3/c1-2-21-16(11-7-3-5-9-13(11)20)15-17(22)12-8-4-6-10-14(12)24-18(15)19(21)23/h3,5,7,9,12,14,16H,2,4,6,8,10H2,1H3. The van der Waals surface area contributed by atoms with E-state index in [0.29, 0.717) is 17.7 Å². The molecule has 1 aromatic carbocycles. The minimum atomic E-state index is -0.672. The molecule has 2 aliphatic heterocycles. The number of hydrogen-bond acceptors (Lipinski definition) is 3. The Morgan fingerprint density at radius 1 is 1.21 bits per heavy atom. The van der Waals surface area contributed by atoms with Crippen LogP contribution in [0.4, 0.5) is 4.39 Å². The van der Waals surface area contributed by atoms with E-state index in [2.05, 4.69) is 0 Å². The number of ether oxygens (including phenoxy) is 1. The lowest BCUT2D eigenvalue weighted by Crippen LogP contribution is -2.39. The second kappa shape index (κ2) is 5.72. The molecule has 3 atom stereocenters. The second-order valence-electron chi connectivity index (χ2n) is 6.67. The summed E-state index contributed by atoms with van der Waals surface area (Å²) in [4.78, 5) is 27.4. The molecule has 1 aliphatic carbocycles. The summed E-state index contributed by atoms with van der Waals surface area (Å²) in [5.74, 6) is -0.771. The smallest absolute Gasteiger partial charge is 0.290 e. The molecule has 1 amide bonds. The van der Waals surface area contributed by atoms with Crippen molar-refractivity contribution in [2.24, 2.45) is 5.92 Å². The lowest BCUT2D eigenvalue weighted by molar-refractivity contribution is -0.135. The molecule has 24 heavy (non-hydrogen) atoms. The Bertz CT molecular complexity index is 742. The SMILES string of the molecule is CCN1C(=O)C2=C(C(=O)C3CCCCC3O2)C1c1ccccc1F. The predicted molar refractivity (Wildman–Crippen MR) is 85.4 cm³/mol. The van der Waals surface area contributed by atoms with Crippen LogP contribution in [0.25, 0.3) is 0 Å². The maximum absolute atomic E-state index is 14.4. The van der Waals surface area contributed by atoms with Crippen LogP contribution in [0.15, 0.2) is 35.6 Å². The fraction of sp³-hybridized carbons (Fsp3) is 0.474. The molecular weight excluding hydrogens is 309 g/mol. The zero-order valence-electron chi connectivity index (χ0n) is 13.6. The zero-order chi connectivity index (χ0) is 16.8. The molecule has 3 unspecified atom stereocenters. The van der Waals surface area contributed by atoms with Gasteiger partial charge in [-0.15, -0.1) is 0 Å². The van der Waals surface area contributed by atoms with E-state index in [1.807, 2.05) is 6.92 Å². The van der Waals surface area contributed by atoms with Gasteiger partial charge in [-0.05, 0) is 32.3 Å². The summed E-state index contributed by atoms with van der Waals surface area (Å²) in [6, 6.07) is 5.68. The van der Waals surface area contributed by atoms with Crippen LogP contribution in [-0.2, 0) is 14.3 Å². The molecule has 1 aromatic rings. The van der Waals surface area contributed by atoms with E-state index < -0.39 is 11.9 Å². The average Bonchev–Trinajstić information content (AvgIpc) is 2.88. The number of hydrogen-bond donors (Lipinski definition) is 0. The fourth-order valence-corrected chi connectivity index (χ4v) is 4.24. The Labute approximate surface area is 140 Å². The van der Waals surface area contributed by atoms with E-state index in [-0.39, 0.29) is 29.5 Å². The lowest BCUT2D eigenvalue weighted by Gasteiger charge is -2.35. The van der Waals surface area contributed by atoms with Crippen LogP contribution < -0.4 is 0 Å². The summed E-state index contributed by atoms with van der Waals surface area (Å²) in [6.45, 7) is 2.23. The Morgan fingerprint density at radius 2 is 1.96 bits per heavy atom. The molecule has 2 heterocycles. The third kappa shape index (κ3) is 2.10. The Hall–Kier alpha value is -2.17. The first-order valence-corrected chi connectivity index (χ1v) is 8.64. The average molecular weight is 329 g/mol. The summed E-state index contributed by atoms with van der Waals surface area (Å²) in [6.07, 6.45) is 3.39. The van der Waals surface area contributed by atoms with Gasteiger partial charge >= 0.3 is 0 Å². The summed E-state index contributed by atoms with van der Waals surface area (Å²) < 4.78 is 20.4. The van der Waals surface area contributed by atoms with Gasteiger partial charge in [0.15, 0.2) is 11.5 Å². The molecule has 0 N–H and O–H groups in total. The molecule has 4 rings (SSSR count). The molecule has 126 valence electrons. The third-order valence-electron chi connectivity index (χ3n) is 5.40. The van der Waals surface area contributed by atoms with Crippen LogP contribution in [0.5, 0.6) is 0 Å². The quantitative estimate of drug-likeness (QED) is 0.837. The van der Waals surface area contributed by atoms with Gasteiger partial charge in [-0.3, -0.25) is 9.59 Å². The first-order chi connectivity index (χ1) is 11.6. The highest BCUT2D eigenvalue weighted by Crippen LogP contribution is 2.46. The van der Waals surface area contributed by atoms with Crippen molar-refractivity contribution in [3.63, 3.8) is 0 Å². The highest BCUT2D eigenvalue weighted by molar-refractivity contribution is 6.11. The summed E-state index contributed by atoms with van der Waals surface area (Å²) in [5.41, 5.74) is 0.721. The first kappa shape index (κ1) is 15.4. The minimum absolute atomic E-state index is 0.0292. The minimum Gasteiger partial charge on any atom is -0.483 e. The number of fused-ring (bicyclic) bond motifs is 1. The molecule has 0 saturated heterocycles. The van der Waals surface area contributed by atoms with Gasteiger partial charge in [-0.1, -0.05) is 24.6 Å². The second-order valence-corrected chi connectivity index (χ2v) is 6.67. The Balaban J connectivity index is 1.84. The third-order valence-corrected chi connectivity index (χ3v) is 5.40. The van der Waals surface area contributed by atoms with Gasteiger partial charge in [-0.25, -0.2) is 4.39 Å². The van der Waals surface area contributed by atoms with Crippen LogP contribution in [0.3, 0.4) is 0 Å². The summed E-state index contributed by atoms with van der Waals surface area (Å²) >= 11 is 0. The highest BCUT2D eigenvalue weighted by Gasteiger charge is 2.51. The van der Waals surface area contributed by atoms with Crippen LogP contribution >= 0.6 is 0 Å². The van der Waals surface area contributed by atoms with Crippen molar-refractivity contribution in [1.82, 2.24) is 4.90 Å². The monoisotopic (exact) mass is 329 g/mol. The van der Waals surface area contributed by atoms with E-state index >= 15 is 0 Å².